The monoisotopic (exact) mass is 401 g/mol. The van der Waals surface area contributed by atoms with Crippen molar-refractivity contribution in [2.24, 2.45) is 0 Å². The minimum Gasteiger partial charge on any atom is -0.396 e. The van der Waals surface area contributed by atoms with Crippen molar-refractivity contribution in [3.8, 4) is 0 Å². The van der Waals surface area contributed by atoms with Crippen LogP contribution in [0.2, 0.25) is 0 Å². The van der Waals surface area contributed by atoms with Crippen molar-refractivity contribution >= 4 is 22.6 Å². The second-order valence-corrected chi connectivity index (χ2v) is 4.66. The Morgan fingerprint density at radius 1 is 1.33 bits per heavy atom. The number of alkyl halides is 1. The van der Waals surface area contributed by atoms with E-state index in [4.69, 9.17) is 10.3 Å². The maximum atomic E-state index is 8.68. The molecule has 12 heavy (non-hydrogen) atoms. The summed E-state index contributed by atoms with van der Waals surface area (Å²) in [7, 11) is 0. The van der Waals surface area contributed by atoms with Crippen LogP contribution in [0, 0.1) is 0 Å². The van der Waals surface area contributed by atoms with Crippen molar-refractivity contribution in [2.75, 3.05) is 24.1 Å². The van der Waals surface area contributed by atoms with Gasteiger partial charge in [0, 0.05) is 11.0 Å². The summed E-state index contributed by atoms with van der Waals surface area (Å²) in [5.41, 5.74) is 0. The van der Waals surface area contributed by atoms with E-state index in [0.29, 0.717) is 0 Å². The molecule has 0 radical (unpaired) electrons. The van der Waals surface area contributed by atoms with Gasteiger partial charge in [-0.05, 0) is 29.4 Å². The summed E-state index contributed by atoms with van der Waals surface area (Å²) in [6.45, 7) is 4.01. The van der Waals surface area contributed by atoms with Crippen LogP contribution in [0.1, 0.15) is 12.8 Å². The minimum absolute atomic E-state index is 1.29. The van der Waals surface area contributed by atoms with E-state index in [9.17, 15) is 0 Å². The molecule has 1 N–H and O–H groups in total. The number of likely N-dealkylation sites (tertiary alicyclic amines) is 1. The fraction of sp³-hybridized carbons (Fsp3) is 1.00. The highest BCUT2D eigenvalue weighted by molar-refractivity contribution is 14.1. The molecule has 0 saturated carbocycles. The maximum Gasteiger partial charge on any atom is 0.503 e. The zero-order chi connectivity index (χ0) is 9.40. The molecule has 0 bridgehead atoms. The summed E-state index contributed by atoms with van der Waals surface area (Å²) >= 11 is -1.33. The molecule has 6 heteroatoms. The van der Waals surface area contributed by atoms with Crippen LogP contribution in [0.25, 0.3) is 0 Å². The van der Waals surface area contributed by atoms with Gasteiger partial charge in [0.1, 0.15) is 0 Å². The van der Waals surface area contributed by atoms with E-state index >= 15 is 0 Å². The topological polar surface area (TPSA) is 69.6 Å². The van der Waals surface area contributed by atoms with Crippen LogP contribution in [0.5, 0.6) is 0 Å². The van der Waals surface area contributed by atoms with Gasteiger partial charge in [0.25, 0.3) is 0 Å². The van der Waals surface area contributed by atoms with Gasteiger partial charge in [-0.1, -0.05) is 22.6 Å². The molecular weight excluding hydrogens is 388 g/mol. The van der Waals surface area contributed by atoms with Crippen LogP contribution in [0.3, 0.4) is 0 Å². The summed E-state index contributed by atoms with van der Waals surface area (Å²) in [6.07, 6.45) is 2.85. The van der Waals surface area contributed by atoms with Crippen LogP contribution in [0.4, 0.5) is 0 Å². The van der Waals surface area contributed by atoms with Crippen LogP contribution in [-0.4, -0.2) is 32.4 Å². The first-order chi connectivity index (χ1) is 5.66. The Bertz CT molecular complexity index is 96.0. The molecule has 0 aromatic heterocycles. The van der Waals surface area contributed by atoms with Crippen LogP contribution in [0.15, 0.2) is 0 Å². The summed E-state index contributed by atoms with van der Waals surface area (Å²) in [5, 5.41) is 0. The fourth-order valence-corrected chi connectivity index (χ4v) is 1.81. The number of nitrogens with zero attached hydrogens (tertiary/aromatic N) is 1. The molecule has 1 fully saturated rings. The van der Waals surface area contributed by atoms with Crippen molar-refractivity contribution in [1.29, 1.82) is 0 Å². The Morgan fingerprint density at radius 3 is 2.08 bits per heavy atom. The largest absolute Gasteiger partial charge is 0.503 e. The number of rotatable bonds is 2. The summed E-state index contributed by atoms with van der Waals surface area (Å²) in [6, 6.07) is 0. The summed E-state index contributed by atoms with van der Waals surface area (Å²) in [5.74, 6) is 0. The normalized spacial score (nSPS) is 17.8. The SMILES string of the molecule is ICCN1CCCC1.[O-][I+2]([O-])O. The summed E-state index contributed by atoms with van der Waals surface area (Å²) in [4.78, 5) is 2.53. The highest BCUT2D eigenvalue weighted by atomic mass is 127. The molecule has 1 heterocycles. The van der Waals surface area contributed by atoms with Crippen molar-refractivity contribution in [3.05, 3.63) is 0 Å². The molecule has 74 valence electrons. The maximum absolute atomic E-state index is 8.68. The lowest BCUT2D eigenvalue weighted by Crippen LogP contribution is -3.98. The Balaban J connectivity index is 0.000000261. The van der Waals surface area contributed by atoms with Gasteiger partial charge < -0.3 is 11.8 Å². The molecule has 0 amide bonds. The first kappa shape index (κ1) is 13.3. The molecular formula is C6H13I2NO3. The van der Waals surface area contributed by atoms with E-state index in [-0.39, 0.29) is 0 Å². The average molecular weight is 401 g/mol. The molecule has 0 aromatic carbocycles. The zero-order valence-electron chi connectivity index (χ0n) is 6.71. The zero-order valence-corrected chi connectivity index (χ0v) is 11.0. The third-order valence-electron chi connectivity index (χ3n) is 1.60. The Hall–Kier alpha value is 1.30. The molecule has 1 aliphatic rings. The Kier molecular flexibility index (Phi) is 9.84. The molecule has 0 atom stereocenters. The van der Waals surface area contributed by atoms with Gasteiger partial charge in [0.15, 0.2) is 0 Å². The first-order valence-electron chi connectivity index (χ1n) is 3.69. The molecule has 0 spiro atoms. The van der Waals surface area contributed by atoms with E-state index in [1.807, 2.05) is 0 Å². The van der Waals surface area contributed by atoms with Gasteiger partial charge in [0.05, 0.1) is 0 Å². The van der Waals surface area contributed by atoms with Gasteiger partial charge in [-0.2, -0.15) is 0 Å². The average Bonchev–Trinajstić information content (AvgIpc) is 2.39. The van der Waals surface area contributed by atoms with E-state index < -0.39 is 21.1 Å². The van der Waals surface area contributed by atoms with Gasteiger partial charge >= 0.3 is 21.1 Å². The highest BCUT2D eigenvalue weighted by Crippen LogP contribution is 2.06. The Morgan fingerprint density at radius 2 is 1.75 bits per heavy atom. The van der Waals surface area contributed by atoms with E-state index in [2.05, 4.69) is 27.5 Å². The second kappa shape index (κ2) is 8.88. The van der Waals surface area contributed by atoms with Crippen molar-refractivity contribution in [2.45, 2.75) is 12.8 Å². The van der Waals surface area contributed by atoms with Gasteiger partial charge in [0.2, 0.25) is 0 Å². The lowest BCUT2D eigenvalue weighted by molar-refractivity contribution is -1.63. The van der Waals surface area contributed by atoms with E-state index in [0.717, 1.165) is 0 Å². The number of hydrogen-bond acceptors (Lipinski definition) is 4. The van der Waals surface area contributed by atoms with Crippen molar-refractivity contribution in [3.63, 3.8) is 0 Å². The Labute approximate surface area is 95.1 Å². The molecule has 0 aromatic rings. The van der Waals surface area contributed by atoms with Gasteiger partial charge in [-0.25, -0.2) is 0 Å². The molecule has 1 aliphatic heterocycles. The van der Waals surface area contributed by atoms with E-state index in [1.165, 1.54) is 36.9 Å². The number of halogens is 2. The smallest absolute Gasteiger partial charge is 0.396 e. The summed E-state index contributed by atoms with van der Waals surface area (Å²) < 4.78 is 25.8. The highest BCUT2D eigenvalue weighted by Gasteiger charge is 2.08. The van der Waals surface area contributed by atoms with Crippen LogP contribution < -0.4 is 27.9 Å². The fourth-order valence-electron chi connectivity index (χ4n) is 1.13. The third kappa shape index (κ3) is 9.39. The minimum atomic E-state index is -3.76. The first-order valence-corrected chi connectivity index (χ1v) is 7.95. The molecule has 4 nitrogen and oxygen atoms in total. The third-order valence-corrected chi connectivity index (χ3v) is 2.08. The lowest BCUT2D eigenvalue weighted by Gasteiger charge is -2.10. The predicted molar refractivity (Wildman–Crippen MR) is 46.8 cm³/mol. The molecule has 1 saturated heterocycles. The molecule has 1 rings (SSSR count). The van der Waals surface area contributed by atoms with Crippen molar-refractivity contribution in [1.82, 2.24) is 4.90 Å². The van der Waals surface area contributed by atoms with Crippen molar-refractivity contribution < 1.29 is 31.4 Å². The van der Waals surface area contributed by atoms with Gasteiger partial charge in [-0.3, -0.25) is 0 Å². The van der Waals surface area contributed by atoms with Gasteiger partial charge in [-0.15, -0.1) is 0 Å². The predicted octanol–water partition coefficient (Wildman–Crippen LogP) is -4.41. The quantitative estimate of drug-likeness (QED) is 0.375. The molecule has 0 aliphatic carbocycles. The lowest BCUT2D eigenvalue weighted by atomic mass is 10.4. The van der Waals surface area contributed by atoms with E-state index in [1.54, 1.807) is 0 Å². The number of hydrogen-bond donors (Lipinski definition) is 1. The molecule has 0 unspecified atom stereocenters. The van der Waals surface area contributed by atoms with Crippen LogP contribution >= 0.6 is 22.6 Å². The van der Waals surface area contributed by atoms with Crippen LogP contribution in [-0.2, 0) is 0 Å². The standard InChI is InChI=1S/C6H12IN.HIO3/c7-3-6-8-4-1-2-5-8;2-1(3)4/h1-6H2;2H. The second-order valence-electron chi connectivity index (χ2n) is 2.44.